The molecule has 1 aromatic heterocycles. The van der Waals surface area contributed by atoms with Gasteiger partial charge < -0.3 is 4.74 Å². The summed E-state index contributed by atoms with van der Waals surface area (Å²) in [6, 6.07) is 1.38. The van der Waals surface area contributed by atoms with Crippen molar-refractivity contribution in [2.24, 2.45) is 5.84 Å². The highest BCUT2D eigenvalue weighted by molar-refractivity contribution is 7.92. The molecule has 2 heterocycles. The summed E-state index contributed by atoms with van der Waals surface area (Å²) in [6.07, 6.45) is 3.94. The van der Waals surface area contributed by atoms with Crippen molar-refractivity contribution < 1.29 is 13.2 Å². The number of aromatic nitrogens is 2. The van der Waals surface area contributed by atoms with Crippen molar-refractivity contribution in [3.05, 3.63) is 18.0 Å². The number of hydrogen-bond donors (Lipinski definition) is 2. The van der Waals surface area contributed by atoms with Crippen LogP contribution in [0.3, 0.4) is 0 Å². The summed E-state index contributed by atoms with van der Waals surface area (Å²) in [4.78, 5) is 0. The quantitative estimate of drug-likeness (QED) is 0.567. The van der Waals surface area contributed by atoms with Gasteiger partial charge in [0.15, 0.2) is 9.84 Å². The zero-order valence-corrected chi connectivity index (χ0v) is 12.5. The van der Waals surface area contributed by atoms with Gasteiger partial charge in [0.25, 0.3) is 0 Å². The van der Waals surface area contributed by atoms with Crippen LogP contribution < -0.4 is 11.3 Å². The summed E-state index contributed by atoms with van der Waals surface area (Å²) in [7, 11) is -1.49. The Balaban J connectivity index is 2.25. The summed E-state index contributed by atoms with van der Waals surface area (Å²) in [5, 5.41) is 3.72. The first kappa shape index (κ1) is 15.4. The molecule has 0 spiro atoms. The lowest BCUT2D eigenvalue weighted by atomic mass is 10.0. The average Bonchev–Trinajstić information content (AvgIpc) is 2.87. The number of nitrogens with zero attached hydrogens (tertiary/aromatic N) is 2. The molecule has 1 saturated heterocycles. The number of hydrogen-bond acceptors (Lipinski definition) is 6. The Labute approximate surface area is 119 Å². The SMILES string of the molecule is COCCn1nccc1C(NN)C1CCCCS1(=O)=O. The average molecular weight is 302 g/mol. The van der Waals surface area contributed by atoms with Gasteiger partial charge in [0.05, 0.1) is 35.9 Å². The lowest BCUT2D eigenvalue weighted by Gasteiger charge is -2.30. The van der Waals surface area contributed by atoms with Crippen LogP contribution in [0.1, 0.15) is 31.0 Å². The van der Waals surface area contributed by atoms with Crippen LogP contribution in [0, 0.1) is 0 Å². The number of hydrazine groups is 1. The molecule has 114 valence electrons. The molecule has 0 radical (unpaired) electrons. The van der Waals surface area contributed by atoms with E-state index in [-0.39, 0.29) is 5.75 Å². The minimum absolute atomic E-state index is 0.238. The first-order chi connectivity index (χ1) is 9.60. The van der Waals surface area contributed by atoms with Gasteiger partial charge in [-0.1, -0.05) is 6.42 Å². The molecular weight excluding hydrogens is 280 g/mol. The van der Waals surface area contributed by atoms with Crippen LogP contribution in [0.4, 0.5) is 0 Å². The monoisotopic (exact) mass is 302 g/mol. The van der Waals surface area contributed by atoms with Gasteiger partial charge >= 0.3 is 0 Å². The van der Waals surface area contributed by atoms with Crippen LogP contribution in [-0.2, 0) is 21.1 Å². The Morgan fingerprint density at radius 1 is 1.60 bits per heavy atom. The Bertz CT molecular complexity index is 529. The minimum atomic E-state index is -3.11. The topological polar surface area (TPSA) is 99.2 Å². The Kier molecular flexibility index (Phi) is 5.14. The van der Waals surface area contributed by atoms with Gasteiger partial charge in [-0.3, -0.25) is 16.0 Å². The second-order valence-electron chi connectivity index (χ2n) is 5.02. The van der Waals surface area contributed by atoms with E-state index in [1.807, 2.05) is 6.07 Å². The third kappa shape index (κ3) is 3.20. The number of ether oxygens (including phenoxy) is 1. The van der Waals surface area contributed by atoms with E-state index in [0.717, 1.165) is 18.5 Å². The van der Waals surface area contributed by atoms with Gasteiger partial charge in [0, 0.05) is 13.3 Å². The maximum atomic E-state index is 12.3. The highest BCUT2D eigenvalue weighted by Gasteiger charge is 2.37. The molecule has 7 nitrogen and oxygen atoms in total. The molecule has 0 aromatic carbocycles. The molecular formula is C12H22N4O3S. The zero-order valence-electron chi connectivity index (χ0n) is 11.7. The second kappa shape index (κ2) is 6.66. The van der Waals surface area contributed by atoms with Crippen molar-refractivity contribution in [2.45, 2.75) is 37.1 Å². The highest BCUT2D eigenvalue weighted by Crippen LogP contribution is 2.30. The van der Waals surface area contributed by atoms with Crippen LogP contribution in [0.5, 0.6) is 0 Å². The van der Waals surface area contributed by atoms with Crippen molar-refractivity contribution >= 4 is 9.84 Å². The van der Waals surface area contributed by atoms with E-state index >= 15 is 0 Å². The van der Waals surface area contributed by atoms with Crippen LogP contribution in [0.15, 0.2) is 12.3 Å². The maximum Gasteiger partial charge on any atom is 0.155 e. The smallest absolute Gasteiger partial charge is 0.155 e. The lowest BCUT2D eigenvalue weighted by molar-refractivity contribution is 0.181. The van der Waals surface area contributed by atoms with Gasteiger partial charge in [-0.05, 0) is 18.9 Å². The number of rotatable bonds is 6. The van der Waals surface area contributed by atoms with Crippen molar-refractivity contribution in [3.8, 4) is 0 Å². The number of methoxy groups -OCH3 is 1. The first-order valence-corrected chi connectivity index (χ1v) is 8.50. The van der Waals surface area contributed by atoms with E-state index in [9.17, 15) is 8.42 Å². The molecule has 3 N–H and O–H groups in total. The summed E-state index contributed by atoms with van der Waals surface area (Å²) < 4.78 is 31.3. The van der Waals surface area contributed by atoms with Crippen molar-refractivity contribution in [1.82, 2.24) is 15.2 Å². The molecule has 0 saturated carbocycles. The molecule has 2 unspecified atom stereocenters. The van der Waals surface area contributed by atoms with E-state index in [2.05, 4.69) is 10.5 Å². The molecule has 8 heteroatoms. The van der Waals surface area contributed by atoms with E-state index in [1.165, 1.54) is 0 Å². The second-order valence-corrected chi connectivity index (χ2v) is 7.36. The van der Waals surface area contributed by atoms with Crippen LogP contribution in [0.25, 0.3) is 0 Å². The standard InChI is InChI=1S/C12H22N4O3S/c1-19-8-7-16-10(5-6-14-16)12(15-13)11-4-2-3-9-20(11,17)18/h5-6,11-12,15H,2-4,7-9,13H2,1H3. The summed E-state index contributed by atoms with van der Waals surface area (Å²) in [5.74, 6) is 5.86. The number of nitrogens with two attached hydrogens (primary N) is 1. The predicted octanol–water partition coefficient (Wildman–Crippen LogP) is 0.00120. The predicted molar refractivity (Wildman–Crippen MR) is 75.6 cm³/mol. The Morgan fingerprint density at radius 2 is 2.40 bits per heavy atom. The van der Waals surface area contributed by atoms with Gasteiger partial charge in [-0.25, -0.2) is 8.42 Å². The fraction of sp³-hybridized carbons (Fsp3) is 0.750. The van der Waals surface area contributed by atoms with E-state index in [4.69, 9.17) is 10.6 Å². The fourth-order valence-corrected chi connectivity index (χ4v) is 4.78. The molecule has 1 aromatic rings. The van der Waals surface area contributed by atoms with Crippen LogP contribution >= 0.6 is 0 Å². The minimum Gasteiger partial charge on any atom is -0.383 e. The molecule has 0 aliphatic carbocycles. The molecule has 0 bridgehead atoms. The third-order valence-electron chi connectivity index (χ3n) is 3.76. The summed E-state index contributed by atoms with van der Waals surface area (Å²) >= 11 is 0. The Morgan fingerprint density at radius 3 is 3.05 bits per heavy atom. The zero-order chi connectivity index (χ0) is 14.6. The molecule has 0 amide bonds. The molecule has 20 heavy (non-hydrogen) atoms. The molecule has 1 aliphatic rings. The lowest BCUT2D eigenvalue weighted by Crippen LogP contribution is -2.44. The number of nitrogens with one attached hydrogen (secondary N) is 1. The molecule has 2 atom stereocenters. The fourth-order valence-electron chi connectivity index (χ4n) is 2.71. The normalized spacial score (nSPS) is 23.6. The summed E-state index contributed by atoms with van der Waals surface area (Å²) in [6.45, 7) is 1.09. The van der Waals surface area contributed by atoms with Crippen LogP contribution in [-0.4, -0.2) is 42.9 Å². The maximum absolute atomic E-state index is 12.3. The highest BCUT2D eigenvalue weighted by atomic mass is 32.2. The van der Waals surface area contributed by atoms with Crippen molar-refractivity contribution in [2.75, 3.05) is 19.5 Å². The van der Waals surface area contributed by atoms with E-state index in [1.54, 1.807) is 18.0 Å². The third-order valence-corrected chi connectivity index (χ3v) is 6.04. The van der Waals surface area contributed by atoms with E-state index < -0.39 is 21.1 Å². The van der Waals surface area contributed by atoms with Crippen molar-refractivity contribution in [3.63, 3.8) is 0 Å². The van der Waals surface area contributed by atoms with Gasteiger partial charge in [-0.2, -0.15) is 5.10 Å². The van der Waals surface area contributed by atoms with Crippen LogP contribution in [0.2, 0.25) is 0 Å². The number of sulfone groups is 1. The van der Waals surface area contributed by atoms with Gasteiger partial charge in [0.1, 0.15) is 0 Å². The Hall–Kier alpha value is -0.960. The molecule has 2 rings (SSSR count). The largest absolute Gasteiger partial charge is 0.383 e. The molecule has 1 aliphatic heterocycles. The molecule has 1 fully saturated rings. The summed E-state index contributed by atoms with van der Waals surface area (Å²) in [5.41, 5.74) is 3.46. The van der Waals surface area contributed by atoms with Crippen molar-refractivity contribution in [1.29, 1.82) is 0 Å². The van der Waals surface area contributed by atoms with E-state index in [0.29, 0.717) is 19.6 Å². The van der Waals surface area contributed by atoms with Gasteiger partial charge in [0.2, 0.25) is 0 Å². The first-order valence-electron chi connectivity index (χ1n) is 6.78. The van der Waals surface area contributed by atoms with Gasteiger partial charge in [-0.15, -0.1) is 0 Å².